The zero-order chi connectivity index (χ0) is 14.4. The molecule has 0 amide bonds. The molecule has 3 nitrogen and oxygen atoms in total. The van der Waals surface area contributed by atoms with E-state index in [1.807, 2.05) is 31.2 Å². The molecule has 0 saturated carbocycles. The van der Waals surface area contributed by atoms with E-state index in [1.165, 1.54) is 11.1 Å². The van der Waals surface area contributed by atoms with Crippen molar-refractivity contribution in [1.29, 1.82) is 0 Å². The van der Waals surface area contributed by atoms with Crippen molar-refractivity contribution in [3.63, 3.8) is 0 Å². The Labute approximate surface area is 120 Å². The van der Waals surface area contributed by atoms with Crippen LogP contribution >= 0.6 is 0 Å². The topological polar surface area (TPSA) is 30.5 Å². The van der Waals surface area contributed by atoms with E-state index >= 15 is 0 Å². The Hall–Kier alpha value is -2.16. The summed E-state index contributed by atoms with van der Waals surface area (Å²) in [5, 5.41) is 3.44. The maximum Gasteiger partial charge on any atom is 0.119 e. The van der Waals surface area contributed by atoms with Crippen LogP contribution in [0.3, 0.4) is 0 Å². The summed E-state index contributed by atoms with van der Waals surface area (Å²) in [5.41, 5.74) is 3.49. The van der Waals surface area contributed by atoms with Gasteiger partial charge in [-0.2, -0.15) is 0 Å². The summed E-state index contributed by atoms with van der Waals surface area (Å²) in [6.45, 7) is 5.53. The molecular formula is C17H21NO2. The maximum absolute atomic E-state index is 5.49. The largest absolute Gasteiger partial charge is 0.497 e. The van der Waals surface area contributed by atoms with Crippen molar-refractivity contribution in [3.8, 4) is 11.5 Å². The van der Waals surface area contributed by atoms with Crippen LogP contribution in [0.5, 0.6) is 11.5 Å². The van der Waals surface area contributed by atoms with Gasteiger partial charge < -0.3 is 14.8 Å². The Balaban J connectivity index is 2.03. The number of aryl methyl sites for hydroxylation is 1. The first-order valence-corrected chi connectivity index (χ1v) is 6.83. The average molecular weight is 271 g/mol. The van der Waals surface area contributed by atoms with Gasteiger partial charge in [-0.25, -0.2) is 0 Å². The van der Waals surface area contributed by atoms with E-state index in [1.54, 1.807) is 7.11 Å². The van der Waals surface area contributed by atoms with Gasteiger partial charge in [0.05, 0.1) is 13.7 Å². The molecule has 0 spiro atoms. The van der Waals surface area contributed by atoms with Gasteiger partial charge in [-0.1, -0.05) is 12.1 Å². The molecule has 2 aromatic carbocycles. The Morgan fingerprint density at radius 2 is 1.90 bits per heavy atom. The van der Waals surface area contributed by atoms with Gasteiger partial charge in [-0.3, -0.25) is 0 Å². The second kappa shape index (κ2) is 6.85. The SMILES string of the molecule is CCOc1ccc(NCc2cccc(OC)c2)c(C)c1. The summed E-state index contributed by atoms with van der Waals surface area (Å²) in [6.07, 6.45) is 0. The maximum atomic E-state index is 5.49. The standard InChI is InChI=1S/C17H21NO2/c1-4-20-16-8-9-17(13(2)10-16)18-12-14-6-5-7-15(11-14)19-3/h5-11,18H,4,12H2,1-3H3. The van der Waals surface area contributed by atoms with E-state index in [9.17, 15) is 0 Å². The molecule has 0 fully saturated rings. The molecule has 0 saturated heterocycles. The molecule has 2 aromatic rings. The van der Waals surface area contributed by atoms with Crippen LogP contribution in [0.2, 0.25) is 0 Å². The third kappa shape index (κ3) is 3.67. The summed E-state index contributed by atoms with van der Waals surface area (Å²) in [5.74, 6) is 1.80. The third-order valence-electron chi connectivity index (χ3n) is 3.13. The fraction of sp³-hybridized carbons (Fsp3) is 0.294. The summed E-state index contributed by atoms with van der Waals surface area (Å²) >= 11 is 0. The lowest BCUT2D eigenvalue weighted by atomic mass is 10.1. The number of ether oxygens (including phenoxy) is 2. The highest BCUT2D eigenvalue weighted by atomic mass is 16.5. The molecule has 0 aliphatic rings. The van der Waals surface area contributed by atoms with Crippen LogP contribution in [0.15, 0.2) is 42.5 Å². The number of benzene rings is 2. The van der Waals surface area contributed by atoms with Gasteiger partial charge in [0.2, 0.25) is 0 Å². The van der Waals surface area contributed by atoms with Crippen LogP contribution in [-0.4, -0.2) is 13.7 Å². The molecule has 0 heterocycles. The normalized spacial score (nSPS) is 10.2. The van der Waals surface area contributed by atoms with Gasteiger partial charge in [0.25, 0.3) is 0 Å². The predicted octanol–water partition coefficient (Wildman–Crippen LogP) is 4.01. The summed E-state index contributed by atoms with van der Waals surface area (Å²) in [7, 11) is 1.68. The van der Waals surface area contributed by atoms with Crippen LogP contribution in [0.25, 0.3) is 0 Å². The van der Waals surface area contributed by atoms with E-state index < -0.39 is 0 Å². The first-order valence-electron chi connectivity index (χ1n) is 6.83. The first kappa shape index (κ1) is 14.3. The molecule has 2 rings (SSSR count). The lowest BCUT2D eigenvalue weighted by Crippen LogP contribution is -2.02. The van der Waals surface area contributed by atoms with Gasteiger partial charge in [-0.05, 0) is 55.3 Å². The molecule has 0 aliphatic carbocycles. The zero-order valence-electron chi connectivity index (χ0n) is 12.3. The summed E-state index contributed by atoms with van der Waals surface area (Å²) in [4.78, 5) is 0. The lowest BCUT2D eigenvalue weighted by Gasteiger charge is -2.12. The van der Waals surface area contributed by atoms with Crippen LogP contribution < -0.4 is 14.8 Å². The number of anilines is 1. The van der Waals surface area contributed by atoms with E-state index in [-0.39, 0.29) is 0 Å². The molecule has 0 atom stereocenters. The van der Waals surface area contributed by atoms with E-state index in [4.69, 9.17) is 9.47 Å². The minimum Gasteiger partial charge on any atom is -0.497 e. The van der Waals surface area contributed by atoms with Crippen molar-refractivity contribution in [2.24, 2.45) is 0 Å². The van der Waals surface area contributed by atoms with Crippen molar-refractivity contribution < 1.29 is 9.47 Å². The summed E-state index contributed by atoms with van der Waals surface area (Å²) < 4.78 is 10.7. The van der Waals surface area contributed by atoms with Crippen molar-refractivity contribution in [2.75, 3.05) is 19.0 Å². The van der Waals surface area contributed by atoms with Crippen LogP contribution in [0.1, 0.15) is 18.1 Å². The highest BCUT2D eigenvalue weighted by Crippen LogP contribution is 2.22. The summed E-state index contributed by atoms with van der Waals surface area (Å²) in [6, 6.07) is 14.2. The number of rotatable bonds is 6. The number of nitrogens with one attached hydrogen (secondary N) is 1. The van der Waals surface area contributed by atoms with E-state index in [0.717, 1.165) is 23.7 Å². The molecule has 20 heavy (non-hydrogen) atoms. The van der Waals surface area contributed by atoms with E-state index in [2.05, 4.69) is 30.4 Å². The second-order valence-electron chi connectivity index (χ2n) is 4.61. The van der Waals surface area contributed by atoms with Crippen molar-refractivity contribution >= 4 is 5.69 Å². The molecule has 1 N–H and O–H groups in total. The molecule has 0 aromatic heterocycles. The van der Waals surface area contributed by atoms with Crippen LogP contribution in [0.4, 0.5) is 5.69 Å². The lowest BCUT2D eigenvalue weighted by molar-refractivity contribution is 0.340. The molecule has 0 radical (unpaired) electrons. The van der Waals surface area contributed by atoms with Gasteiger partial charge >= 0.3 is 0 Å². The molecule has 0 unspecified atom stereocenters. The molecule has 106 valence electrons. The number of methoxy groups -OCH3 is 1. The van der Waals surface area contributed by atoms with E-state index in [0.29, 0.717) is 6.61 Å². The van der Waals surface area contributed by atoms with Crippen LogP contribution in [-0.2, 0) is 6.54 Å². The molecular weight excluding hydrogens is 250 g/mol. The fourth-order valence-corrected chi connectivity index (χ4v) is 2.07. The quantitative estimate of drug-likeness (QED) is 0.861. The van der Waals surface area contributed by atoms with Crippen molar-refractivity contribution in [2.45, 2.75) is 20.4 Å². The Bertz CT molecular complexity index is 567. The van der Waals surface area contributed by atoms with Crippen molar-refractivity contribution in [1.82, 2.24) is 0 Å². The first-order chi connectivity index (χ1) is 9.72. The minimum absolute atomic E-state index is 0.691. The van der Waals surface area contributed by atoms with Gasteiger partial charge in [0.15, 0.2) is 0 Å². The highest BCUT2D eigenvalue weighted by molar-refractivity contribution is 5.54. The fourth-order valence-electron chi connectivity index (χ4n) is 2.07. The molecule has 0 aliphatic heterocycles. The third-order valence-corrected chi connectivity index (χ3v) is 3.13. The highest BCUT2D eigenvalue weighted by Gasteiger charge is 2.01. The number of hydrogen-bond acceptors (Lipinski definition) is 3. The second-order valence-corrected chi connectivity index (χ2v) is 4.61. The van der Waals surface area contributed by atoms with Crippen molar-refractivity contribution in [3.05, 3.63) is 53.6 Å². The van der Waals surface area contributed by atoms with Gasteiger partial charge in [0, 0.05) is 12.2 Å². The average Bonchev–Trinajstić information content (AvgIpc) is 2.47. The van der Waals surface area contributed by atoms with Gasteiger partial charge in [0.1, 0.15) is 11.5 Å². The minimum atomic E-state index is 0.691. The number of hydrogen-bond donors (Lipinski definition) is 1. The monoisotopic (exact) mass is 271 g/mol. The predicted molar refractivity (Wildman–Crippen MR) is 82.7 cm³/mol. The smallest absolute Gasteiger partial charge is 0.119 e. The van der Waals surface area contributed by atoms with Crippen LogP contribution in [0, 0.1) is 6.92 Å². The molecule has 0 bridgehead atoms. The Morgan fingerprint density at radius 3 is 2.60 bits per heavy atom. The Morgan fingerprint density at radius 1 is 1.05 bits per heavy atom. The molecule has 3 heteroatoms. The van der Waals surface area contributed by atoms with Gasteiger partial charge in [-0.15, -0.1) is 0 Å². The zero-order valence-corrected chi connectivity index (χ0v) is 12.3. The Kier molecular flexibility index (Phi) is 4.88.